The Morgan fingerprint density at radius 3 is 2.95 bits per heavy atom. The Morgan fingerprint density at radius 1 is 1.41 bits per heavy atom. The van der Waals surface area contributed by atoms with Crippen LogP contribution in [-0.2, 0) is 23.5 Å². The lowest BCUT2D eigenvalue weighted by Gasteiger charge is -2.05. The number of hydrogen-bond acceptors (Lipinski definition) is 4. The molecular formula is C13H14FN5O2S. The second-order valence-electron chi connectivity index (χ2n) is 4.78. The number of sulfonamides is 1. The van der Waals surface area contributed by atoms with Crippen LogP contribution in [-0.4, -0.2) is 34.5 Å². The van der Waals surface area contributed by atoms with Crippen molar-refractivity contribution in [3.63, 3.8) is 0 Å². The predicted molar refractivity (Wildman–Crippen MR) is 78.2 cm³/mol. The van der Waals surface area contributed by atoms with E-state index >= 15 is 0 Å². The van der Waals surface area contributed by atoms with Crippen molar-refractivity contribution < 1.29 is 12.8 Å². The molecule has 116 valence electrons. The SMILES string of the molecule is Cn1c(CCNS(=O)(=O)c2cnc[nH]2)nc2ccc(F)cc21. The van der Waals surface area contributed by atoms with E-state index in [0.717, 1.165) is 0 Å². The summed E-state index contributed by atoms with van der Waals surface area (Å²) >= 11 is 0. The van der Waals surface area contributed by atoms with Gasteiger partial charge in [0.1, 0.15) is 11.6 Å². The van der Waals surface area contributed by atoms with Crippen molar-refractivity contribution in [1.29, 1.82) is 0 Å². The topological polar surface area (TPSA) is 92.7 Å². The molecule has 9 heteroatoms. The quantitative estimate of drug-likeness (QED) is 0.731. The summed E-state index contributed by atoms with van der Waals surface area (Å²) in [5.74, 6) is 0.343. The molecule has 3 rings (SSSR count). The number of aromatic amines is 1. The third-order valence-electron chi connectivity index (χ3n) is 3.34. The Morgan fingerprint density at radius 2 is 2.23 bits per heavy atom. The lowest BCUT2D eigenvalue weighted by atomic mass is 10.3. The van der Waals surface area contributed by atoms with E-state index in [1.165, 1.54) is 24.7 Å². The number of nitrogens with one attached hydrogen (secondary N) is 2. The second kappa shape index (κ2) is 5.50. The van der Waals surface area contributed by atoms with Crippen LogP contribution in [0.1, 0.15) is 5.82 Å². The van der Waals surface area contributed by atoms with Crippen LogP contribution in [0.4, 0.5) is 4.39 Å². The first-order chi connectivity index (χ1) is 10.5. The number of H-pyrrole nitrogens is 1. The van der Waals surface area contributed by atoms with Crippen molar-refractivity contribution in [2.45, 2.75) is 11.4 Å². The molecule has 2 N–H and O–H groups in total. The smallest absolute Gasteiger partial charge is 0.257 e. The maximum atomic E-state index is 13.2. The molecule has 0 aliphatic rings. The van der Waals surface area contributed by atoms with Crippen LogP contribution >= 0.6 is 0 Å². The molecule has 0 bridgehead atoms. The van der Waals surface area contributed by atoms with Gasteiger partial charge in [-0.15, -0.1) is 0 Å². The zero-order chi connectivity index (χ0) is 15.7. The predicted octanol–water partition coefficient (Wildman–Crippen LogP) is 0.956. The molecule has 1 aromatic carbocycles. The Kier molecular flexibility index (Phi) is 3.67. The van der Waals surface area contributed by atoms with E-state index < -0.39 is 10.0 Å². The minimum Gasteiger partial charge on any atom is -0.335 e. The third kappa shape index (κ3) is 2.72. The molecule has 22 heavy (non-hydrogen) atoms. The summed E-state index contributed by atoms with van der Waals surface area (Å²) in [5.41, 5.74) is 1.35. The summed E-state index contributed by atoms with van der Waals surface area (Å²) in [7, 11) is -1.83. The maximum Gasteiger partial charge on any atom is 0.257 e. The lowest BCUT2D eigenvalue weighted by Crippen LogP contribution is -2.26. The van der Waals surface area contributed by atoms with E-state index in [2.05, 4.69) is 19.7 Å². The molecule has 0 saturated carbocycles. The van der Waals surface area contributed by atoms with Gasteiger partial charge in [0.2, 0.25) is 0 Å². The Hall–Kier alpha value is -2.26. The number of hydrogen-bond donors (Lipinski definition) is 2. The minimum atomic E-state index is -3.60. The van der Waals surface area contributed by atoms with Gasteiger partial charge in [0.25, 0.3) is 10.0 Å². The molecule has 0 saturated heterocycles. The second-order valence-corrected chi connectivity index (χ2v) is 6.52. The van der Waals surface area contributed by atoms with Gasteiger partial charge >= 0.3 is 0 Å². The molecular weight excluding hydrogens is 309 g/mol. The summed E-state index contributed by atoms with van der Waals surface area (Å²) < 4.78 is 41.3. The van der Waals surface area contributed by atoms with Crippen molar-refractivity contribution in [1.82, 2.24) is 24.2 Å². The fourth-order valence-electron chi connectivity index (χ4n) is 2.20. The van der Waals surface area contributed by atoms with Gasteiger partial charge in [-0.25, -0.2) is 27.5 Å². The van der Waals surface area contributed by atoms with Crippen LogP contribution in [0.3, 0.4) is 0 Å². The average molecular weight is 323 g/mol. The van der Waals surface area contributed by atoms with E-state index in [1.54, 1.807) is 17.7 Å². The van der Waals surface area contributed by atoms with Crippen LogP contribution in [0.5, 0.6) is 0 Å². The first kappa shape index (κ1) is 14.7. The van der Waals surface area contributed by atoms with E-state index in [4.69, 9.17) is 0 Å². The summed E-state index contributed by atoms with van der Waals surface area (Å²) in [6.45, 7) is 0.182. The zero-order valence-corrected chi connectivity index (χ0v) is 12.6. The standard InChI is InChI=1S/C13H14FN5O2S/c1-19-11-6-9(14)2-3-10(11)18-12(19)4-5-17-22(20,21)13-7-15-8-16-13/h2-3,6-8,17H,4-5H2,1H3,(H,15,16). The molecule has 0 aliphatic heterocycles. The number of nitrogens with zero attached hydrogens (tertiary/aromatic N) is 3. The molecule has 0 spiro atoms. The van der Waals surface area contributed by atoms with Gasteiger partial charge in [-0.1, -0.05) is 0 Å². The number of benzene rings is 1. The number of rotatable bonds is 5. The third-order valence-corrected chi connectivity index (χ3v) is 4.73. The molecule has 7 nitrogen and oxygen atoms in total. The molecule has 0 unspecified atom stereocenters. The van der Waals surface area contributed by atoms with E-state index in [-0.39, 0.29) is 17.4 Å². The van der Waals surface area contributed by atoms with Crippen molar-refractivity contribution >= 4 is 21.1 Å². The largest absolute Gasteiger partial charge is 0.335 e. The number of aromatic nitrogens is 4. The highest BCUT2D eigenvalue weighted by molar-refractivity contribution is 7.89. The molecule has 2 heterocycles. The van der Waals surface area contributed by atoms with E-state index in [1.807, 2.05) is 0 Å². The Labute approximate surface area is 126 Å². The molecule has 0 radical (unpaired) electrons. The molecule has 0 fully saturated rings. The minimum absolute atomic E-state index is 0.0135. The van der Waals surface area contributed by atoms with Crippen molar-refractivity contribution in [3.8, 4) is 0 Å². The zero-order valence-electron chi connectivity index (χ0n) is 11.7. The van der Waals surface area contributed by atoms with Gasteiger partial charge in [-0.05, 0) is 18.2 Å². The molecule has 0 aliphatic carbocycles. The fourth-order valence-corrected chi connectivity index (χ4v) is 3.14. The normalized spacial score (nSPS) is 12.1. The summed E-state index contributed by atoms with van der Waals surface area (Å²) in [5, 5.41) is 0.0135. The van der Waals surface area contributed by atoms with Crippen molar-refractivity contribution in [2.24, 2.45) is 7.05 Å². The van der Waals surface area contributed by atoms with Crippen LogP contribution in [0, 0.1) is 5.82 Å². The summed E-state index contributed by atoms with van der Waals surface area (Å²) in [6, 6.07) is 4.35. The Balaban J connectivity index is 1.73. The number of imidazole rings is 2. The lowest BCUT2D eigenvalue weighted by molar-refractivity contribution is 0.577. The number of fused-ring (bicyclic) bond motifs is 1. The van der Waals surface area contributed by atoms with Gasteiger partial charge in [0, 0.05) is 20.0 Å². The van der Waals surface area contributed by atoms with E-state index in [9.17, 15) is 12.8 Å². The maximum absolute atomic E-state index is 13.2. The molecule has 0 amide bonds. The van der Waals surface area contributed by atoms with Crippen LogP contribution in [0.2, 0.25) is 0 Å². The monoisotopic (exact) mass is 323 g/mol. The van der Waals surface area contributed by atoms with Crippen LogP contribution in [0.15, 0.2) is 35.7 Å². The van der Waals surface area contributed by atoms with Gasteiger partial charge in [0.05, 0.1) is 23.6 Å². The van der Waals surface area contributed by atoms with Gasteiger partial charge in [0.15, 0.2) is 5.03 Å². The number of aryl methyl sites for hydroxylation is 1. The summed E-state index contributed by atoms with van der Waals surface area (Å²) in [4.78, 5) is 10.6. The fraction of sp³-hybridized carbons (Fsp3) is 0.231. The van der Waals surface area contributed by atoms with Crippen LogP contribution in [0.25, 0.3) is 11.0 Å². The number of halogens is 1. The highest BCUT2D eigenvalue weighted by atomic mass is 32.2. The van der Waals surface area contributed by atoms with Gasteiger partial charge < -0.3 is 9.55 Å². The Bertz CT molecular complexity index is 902. The average Bonchev–Trinajstić information content (AvgIpc) is 3.10. The first-order valence-corrected chi connectivity index (χ1v) is 8.04. The van der Waals surface area contributed by atoms with Crippen molar-refractivity contribution in [2.75, 3.05) is 6.54 Å². The molecule has 2 aromatic heterocycles. The highest BCUT2D eigenvalue weighted by Gasteiger charge is 2.15. The van der Waals surface area contributed by atoms with Gasteiger partial charge in [-0.2, -0.15) is 0 Å². The van der Waals surface area contributed by atoms with E-state index in [0.29, 0.717) is 23.3 Å². The first-order valence-electron chi connectivity index (χ1n) is 6.56. The molecule has 0 atom stereocenters. The molecule has 3 aromatic rings. The summed E-state index contributed by atoms with van der Waals surface area (Å²) in [6.07, 6.45) is 2.93. The van der Waals surface area contributed by atoms with Gasteiger partial charge in [-0.3, -0.25) is 0 Å². The van der Waals surface area contributed by atoms with Crippen LogP contribution < -0.4 is 4.72 Å². The highest BCUT2D eigenvalue weighted by Crippen LogP contribution is 2.16. The van der Waals surface area contributed by atoms with Crippen molar-refractivity contribution in [3.05, 3.63) is 42.4 Å².